The summed E-state index contributed by atoms with van der Waals surface area (Å²) >= 11 is 0. The molecule has 1 aromatic heterocycles. The summed E-state index contributed by atoms with van der Waals surface area (Å²) < 4.78 is 33.7. The monoisotopic (exact) mass is 323 g/mol. The average Bonchev–Trinajstić information content (AvgIpc) is 3.10. The third-order valence-corrected chi connectivity index (χ3v) is 5.16. The molecule has 0 radical (unpaired) electrons. The molecule has 1 fully saturated rings. The summed E-state index contributed by atoms with van der Waals surface area (Å²) in [6.07, 6.45) is 0.625. The van der Waals surface area contributed by atoms with E-state index in [2.05, 4.69) is 15.5 Å². The molecule has 0 aliphatic carbocycles. The van der Waals surface area contributed by atoms with Crippen LogP contribution in [0.25, 0.3) is 0 Å². The maximum Gasteiger partial charge on any atom is 0.253 e. The Labute approximate surface area is 128 Å². The fraction of sp³-hybridized carbons (Fsp3) is 0.429. The average molecular weight is 323 g/mol. The molecule has 2 heterocycles. The number of nitrogens with zero attached hydrogens (tertiary/aromatic N) is 2. The van der Waals surface area contributed by atoms with E-state index in [1.54, 1.807) is 0 Å². The summed E-state index contributed by atoms with van der Waals surface area (Å²) in [4.78, 5) is 0. The van der Waals surface area contributed by atoms with Crippen molar-refractivity contribution in [1.82, 2.24) is 15.5 Å². The van der Waals surface area contributed by atoms with Crippen molar-refractivity contribution in [2.45, 2.75) is 25.6 Å². The van der Waals surface area contributed by atoms with E-state index in [1.165, 1.54) is 0 Å². The van der Waals surface area contributed by atoms with Gasteiger partial charge in [0, 0.05) is 6.04 Å². The van der Waals surface area contributed by atoms with Gasteiger partial charge in [-0.3, -0.25) is 0 Å². The van der Waals surface area contributed by atoms with Crippen LogP contribution in [0.15, 0.2) is 34.7 Å². The maximum atomic E-state index is 11.4. The molecular formula is C14H17N3O4S. The molecule has 0 saturated carbocycles. The van der Waals surface area contributed by atoms with Gasteiger partial charge in [0.1, 0.15) is 5.75 Å². The molecule has 22 heavy (non-hydrogen) atoms. The highest BCUT2D eigenvalue weighted by Crippen LogP contribution is 2.13. The molecule has 1 N–H and O–H groups in total. The van der Waals surface area contributed by atoms with E-state index < -0.39 is 9.84 Å². The van der Waals surface area contributed by atoms with Crippen molar-refractivity contribution >= 4 is 9.84 Å². The van der Waals surface area contributed by atoms with Crippen LogP contribution >= 0.6 is 0 Å². The summed E-state index contributed by atoms with van der Waals surface area (Å²) in [6, 6.07) is 9.33. The summed E-state index contributed by atoms with van der Waals surface area (Å²) in [6.45, 7) is 0.563. The molecule has 2 aromatic rings. The first-order chi connectivity index (χ1) is 10.6. The van der Waals surface area contributed by atoms with Crippen LogP contribution in [-0.4, -0.2) is 36.2 Å². The first kappa shape index (κ1) is 15.0. The zero-order chi connectivity index (χ0) is 15.4. The van der Waals surface area contributed by atoms with Crippen molar-refractivity contribution in [2.75, 3.05) is 11.5 Å². The van der Waals surface area contributed by atoms with E-state index in [0.29, 0.717) is 24.7 Å². The summed E-state index contributed by atoms with van der Waals surface area (Å²) in [5, 5.41) is 10.9. The summed E-state index contributed by atoms with van der Waals surface area (Å²) in [5.41, 5.74) is 0. The Morgan fingerprint density at radius 2 is 2.00 bits per heavy atom. The molecule has 1 unspecified atom stereocenters. The zero-order valence-electron chi connectivity index (χ0n) is 11.9. The summed E-state index contributed by atoms with van der Waals surface area (Å²) in [5.74, 6) is 1.96. The Hall–Kier alpha value is -1.93. The Balaban J connectivity index is 1.47. The number of rotatable bonds is 6. The SMILES string of the molecule is O=S1(=O)CCC(NCc2nnc(COc3ccccc3)o2)C1. The Morgan fingerprint density at radius 1 is 1.23 bits per heavy atom. The second kappa shape index (κ2) is 6.45. The lowest BCUT2D eigenvalue weighted by Gasteiger charge is -2.07. The van der Waals surface area contributed by atoms with Gasteiger partial charge in [0.15, 0.2) is 16.4 Å². The van der Waals surface area contributed by atoms with Crippen LogP contribution in [0.2, 0.25) is 0 Å². The number of ether oxygens (including phenoxy) is 1. The second-order valence-corrected chi connectivity index (χ2v) is 7.40. The maximum absolute atomic E-state index is 11.4. The lowest BCUT2D eigenvalue weighted by Crippen LogP contribution is -2.29. The van der Waals surface area contributed by atoms with Gasteiger partial charge in [-0.2, -0.15) is 0 Å². The highest BCUT2D eigenvalue weighted by Gasteiger charge is 2.27. The van der Waals surface area contributed by atoms with Crippen molar-refractivity contribution in [3.63, 3.8) is 0 Å². The predicted octanol–water partition coefficient (Wildman–Crippen LogP) is 0.925. The molecule has 1 aromatic carbocycles. The lowest BCUT2D eigenvalue weighted by molar-refractivity contribution is 0.257. The Bertz CT molecular complexity index is 715. The fourth-order valence-electron chi connectivity index (χ4n) is 2.27. The third kappa shape index (κ3) is 4.05. The van der Waals surface area contributed by atoms with Crippen LogP contribution in [0.3, 0.4) is 0 Å². The highest BCUT2D eigenvalue weighted by molar-refractivity contribution is 7.91. The topological polar surface area (TPSA) is 94.3 Å². The second-order valence-electron chi connectivity index (χ2n) is 5.17. The van der Waals surface area contributed by atoms with Gasteiger partial charge in [0.25, 0.3) is 5.89 Å². The van der Waals surface area contributed by atoms with E-state index >= 15 is 0 Å². The van der Waals surface area contributed by atoms with Gasteiger partial charge in [-0.25, -0.2) is 8.42 Å². The van der Waals surface area contributed by atoms with Crippen LogP contribution in [0.4, 0.5) is 0 Å². The van der Waals surface area contributed by atoms with Crippen LogP contribution in [0.1, 0.15) is 18.2 Å². The smallest absolute Gasteiger partial charge is 0.253 e. The number of nitrogens with one attached hydrogen (secondary N) is 1. The van der Waals surface area contributed by atoms with Gasteiger partial charge < -0.3 is 14.5 Å². The molecule has 0 amide bonds. The Morgan fingerprint density at radius 3 is 2.73 bits per heavy atom. The molecule has 3 rings (SSSR count). The molecule has 0 bridgehead atoms. The van der Waals surface area contributed by atoms with E-state index in [9.17, 15) is 8.42 Å². The van der Waals surface area contributed by atoms with Gasteiger partial charge in [0.2, 0.25) is 5.89 Å². The van der Waals surface area contributed by atoms with Crippen molar-refractivity contribution < 1.29 is 17.6 Å². The minimum atomic E-state index is -2.88. The number of hydrogen-bond acceptors (Lipinski definition) is 7. The first-order valence-electron chi connectivity index (χ1n) is 7.04. The highest BCUT2D eigenvalue weighted by atomic mass is 32.2. The van der Waals surface area contributed by atoms with Crippen molar-refractivity contribution in [3.8, 4) is 5.75 Å². The van der Waals surface area contributed by atoms with E-state index in [-0.39, 0.29) is 24.2 Å². The standard InChI is InChI=1S/C14H17N3O4S/c18-22(19)7-6-11(10-22)15-8-13-16-17-14(21-13)9-20-12-4-2-1-3-5-12/h1-5,11,15H,6-10H2. The largest absolute Gasteiger partial charge is 0.484 e. The van der Waals surface area contributed by atoms with Crippen molar-refractivity contribution in [1.29, 1.82) is 0 Å². The molecule has 8 heteroatoms. The minimum Gasteiger partial charge on any atom is -0.484 e. The molecule has 0 spiro atoms. The number of para-hydroxylation sites is 1. The number of aromatic nitrogens is 2. The van der Waals surface area contributed by atoms with E-state index in [1.807, 2.05) is 30.3 Å². The molecule has 7 nitrogen and oxygen atoms in total. The first-order valence-corrected chi connectivity index (χ1v) is 8.86. The molecule has 118 valence electrons. The molecular weight excluding hydrogens is 306 g/mol. The summed E-state index contributed by atoms with van der Waals surface area (Å²) in [7, 11) is -2.88. The van der Waals surface area contributed by atoms with Crippen LogP contribution in [-0.2, 0) is 23.0 Å². The van der Waals surface area contributed by atoms with E-state index in [4.69, 9.17) is 9.15 Å². The third-order valence-electron chi connectivity index (χ3n) is 3.39. The number of benzene rings is 1. The predicted molar refractivity (Wildman–Crippen MR) is 79.0 cm³/mol. The lowest BCUT2D eigenvalue weighted by atomic mass is 10.3. The Kier molecular flexibility index (Phi) is 4.39. The van der Waals surface area contributed by atoms with Crippen LogP contribution < -0.4 is 10.1 Å². The van der Waals surface area contributed by atoms with Crippen LogP contribution in [0.5, 0.6) is 5.75 Å². The normalized spacial score (nSPS) is 20.1. The number of hydrogen-bond donors (Lipinski definition) is 1. The molecule has 1 aliphatic rings. The van der Waals surface area contributed by atoms with Crippen molar-refractivity contribution in [2.24, 2.45) is 0 Å². The minimum absolute atomic E-state index is 0.0408. The zero-order valence-corrected chi connectivity index (χ0v) is 12.8. The molecule has 1 aliphatic heterocycles. The van der Waals surface area contributed by atoms with Crippen LogP contribution in [0, 0.1) is 0 Å². The molecule has 1 saturated heterocycles. The van der Waals surface area contributed by atoms with Gasteiger partial charge in [-0.1, -0.05) is 18.2 Å². The van der Waals surface area contributed by atoms with Gasteiger partial charge >= 0.3 is 0 Å². The quantitative estimate of drug-likeness (QED) is 0.845. The van der Waals surface area contributed by atoms with Gasteiger partial charge in [-0.15, -0.1) is 10.2 Å². The van der Waals surface area contributed by atoms with E-state index in [0.717, 1.165) is 5.75 Å². The fourth-order valence-corrected chi connectivity index (χ4v) is 3.98. The van der Waals surface area contributed by atoms with Gasteiger partial charge in [-0.05, 0) is 18.6 Å². The van der Waals surface area contributed by atoms with Gasteiger partial charge in [0.05, 0.1) is 18.1 Å². The number of sulfone groups is 1. The molecule has 1 atom stereocenters. The van der Waals surface area contributed by atoms with Crippen molar-refractivity contribution in [3.05, 3.63) is 42.1 Å².